The summed E-state index contributed by atoms with van der Waals surface area (Å²) < 4.78 is 2.06. The number of rotatable bonds is 3. The van der Waals surface area contributed by atoms with Crippen LogP contribution in [0.25, 0.3) is 0 Å². The quantitative estimate of drug-likeness (QED) is 0.507. The van der Waals surface area contributed by atoms with Gasteiger partial charge in [0.25, 0.3) is 11.5 Å². The van der Waals surface area contributed by atoms with Crippen molar-refractivity contribution in [1.29, 1.82) is 0 Å². The van der Waals surface area contributed by atoms with Crippen LogP contribution in [0.15, 0.2) is 51.9 Å². The number of amides is 1. The Balaban J connectivity index is 2.31. The summed E-state index contributed by atoms with van der Waals surface area (Å²) in [5, 5.41) is 0. The van der Waals surface area contributed by atoms with Gasteiger partial charge in [-0.05, 0) is 45.8 Å². The topological polar surface area (TPSA) is 77.1 Å². The van der Waals surface area contributed by atoms with Gasteiger partial charge in [0, 0.05) is 11.8 Å². The molecule has 0 fully saturated rings. The van der Waals surface area contributed by atoms with E-state index in [1.807, 2.05) is 6.07 Å². The molecular weight excluding hydrogens is 310 g/mol. The van der Waals surface area contributed by atoms with Gasteiger partial charge >= 0.3 is 0 Å². The van der Waals surface area contributed by atoms with Gasteiger partial charge in [-0.2, -0.15) is 0 Å². The predicted molar refractivity (Wildman–Crippen MR) is 75.6 cm³/mol. The standard InChI is InChI=1S/C13H12BrN3O2/c14-11-5-2-6-17(13(11)19)8-9-3-1-4-10(7-9)12(18)16-15/h1-7H,8,15H2,(H,16,18). The lowest BCUT2D eigenvalue weighted by Crippen LogP contribution is -2.30. The molecule has 1 heterocycles. The smallest absolute Gasteiger partial charge is 0.265 e. The van der Waals surface area contributed by atoms with Gasteiger partial charge in [-0.25, -0.2) is 5.84 Å². The van der Waals surface area contributed by atoms with Crippen LogP contribution in [0, 0.1) is 0 Å². The summed E-state index contributed by atoms with van der Waals surface area (Å²) in [5.41, 5.74) is 3.27. The molecule has 0 aliphatic carbocycles. The third kappa shape index (κ3) is 3.10. The van der Waals surface area contributed by atoms with Crippen LogP contribution >= 0.6 is 15.9 Å². The van der Waals surface area contributed by atoms with Crippen LogP contribution in [-0.4, -0.2) is 10.5 Å². The molecule has 0 aliphatic heterocycles. The molecule has 0 atom stereocenters. The lowest BCUT2D eigenvalue weighted by molar-refractivity contribution is 0.0953. The van der Waals surface area contributed by atoms with Crippen LogP contribution in [0.1, 0.15) is 15.9 Å². The van der Waals surface area contributed by atoms with Crippen molar-refractivity contribution in [2.45, 2.75) is 6.54 Å². The first-order valence-corrected chi connectivity index (χ1v) is 6.36. The van der Waals surface area contributed by atoms with Crippen molar-refractivity contribution < 1.29 is 4.79 Å². The van der Waals surface area contributed by atoms with Crippen molar-refractivity contribution >= 4 is 21.8 Å². The van der Waals surface area contributed by atoms with E-state index < -0.39 is 0 Å². The predicted octanol–water partition coefficient (Wildman–Crippen LogP) is 1.26. The Hall–Kier alpha value is -1.92. The van der Waals surface area contributed by atoms with E-state index >= 15 is 0 Å². The van der Waals surface area contributed by atoms with Gasteiger partial charge < -0.3 is 4.57 Å². The van der Waals surface area contributed by atoms with E-state index in [4.69, 9.17) is 5.84 Å². The Morgan fingerprint density at radius 3 is 2.84 bits per heavy atom. The molecule has 6 heteroatoms. The minimum atomic E-state index is -0.358. The minimum absolute atomic E-state index is 0.115. The molecule has 0 radical (unpaired) electrons. The first kappa shape index (κ1) is 13.5. The number of nitrogens with one attached hydrogen (secondary N) is 1. The van der Waals surface area contributed by atoms with Crippen LogP contribution in [0.4, 0.5) is 0 Å². The highest BCUT2D eigenvalue weighted by Gasteiger charge is 2.05. The maximum atomic E-state index is 11.9. The van der Waals surface area contributed by atoms with Gasteiger partial charge in [0.1, 0.15) is 0 Å². The summed E-state index contributed by atoms with van der Waals surface area (Å²) in [6.07, 6.45) is 1.70. The molecule has 2 rings (SSSR count). The van der Waals surface area contributed by atoms with Gasteiger partial charge in [0.05, 0.1) is 11.0 Å². The van der Waals surface area contributed by atoms with Crippen molar-refractivity contribution in [3.8, 4) is 0 Å². The van der Waals surface area contributed by atoms with Crippen molar-refractivity contribution in [3.05, 3.63) is 68.5 Å². The molecule has 0 saturated heterocycles. The molecule has 5 nitrogen and oxygen atoms in total. The van der Waals surface area contributed by atoms with Crippen molar-refractivity contribution in [3.63, 3.8) is 0 Å². The zero-order valence-corrected chi connectivity index (χ0v) is 11.6. The number of nitrogen functional groups attached to an aromatic ring is 1. The van der Waals surface area contributed by atoms with Crippen LogP contribution in [0.5, 0.6) is 0 Å². The largest absolute Gasteiger partial charge is 0.310 e. The lowest BCUT2D eigenvalue weighted by atomic mass is 10.1. The number of aromatic nitrogens is 1. The maximum absolute atomic E-state index is 11.9. The van der Waals surface area contributed by atoms with E-state index in [0.717, 1.165) is 5.56 Å². The highest BCUT2D eigenvalue weighted by atomic mass is 79.9. The summed E-state index contributed by atoms with van der Waals surface area (Å²) in [4.78, 5) is 23.3. The fourth-order valence-corrected chi connectivity index (χ4v) is 2.10. The number of pyridine rings is 1. The van der Waals surface area contributed by atoms with E-state index in [9.17, 15) is 9.59 Å². The molecule has 98 valence electrons. The van der Waals surface area contributed by atoms with Crippen molar-refractivity contribution in [1.82, 2.24) is 9.99 Å². The molecule has 3 N–H and O–H groups in total. The number of benzene rings is 1. The van der Waals surface area contributed by atoms with E-state index in [1.165, 1.54) is 0 Å². The third-order valence-electron chi connectivity index (χ3n) is 2.65. The maximum Gasteiger partial charge on any atom is 0.265 e. The van der Waals surface area contributed by atoms with Crippen LogP contribution in [-0.2, 0) is 6.54 Å². The second-order valence-corrected chi connectivity index (χ2v) is 4.82. The van der Waals surface area contributed by atoms with Gasteiger partial charge in [0.2, 0.25) is 0 Å². The summed E-state index contributed by atoms with van der Waals surface area (Å²) in [5.74, 6) is 4.73. The summed E-state index contributed by atoms with van der Waals surface area (Å²) >= 11 is 3.19. The van der Waals surface area contributed by atoms with Gasteiger partial charge in [-0.1, -0.05) is 12.1 Å². The fourth-order valence-electron chi connectivity index (χ4n) is 1.72. The molecule has 1 aromatic heterocycles. The molecule has 0 bridgehead atoms. The highest BCUT2D eigenvalue weighted by Crippen LogP contribution is 2.08. The normalized spacial score (nSPS) is 10.2. The van der Waals surface area contributed by atoms with E-state index in [0.29, 0.717) is 16.6 Å². The van der Waals surface area contributed by atoms with Gasteiger partial charge in [-0.15, -0.1) is 0 Å². The lowest BCUT2D eigenvalue weighted by Gasteiger charge is -2.07. The third-order valence-corrected chi connectivity index (χ3v) is 3.25. The van der Waals surface area contributed by atoms with Crippen molar-refractivity contribution in [2.24, 2.45) is 5.84 Å². The monoisotopic (exact) mass is 321 g/mol. The number of carbonyl (C=O) groups excluding carboxylic acids is 1. The molecule has 1 aromatic carbocycles. The molecule has 1 amide bonds. The van der Waals surface area contributed by atoms with Gasteiger partial charge in [-0.3, -0.25) is 15.0 Å². The van der Waals surface area contributed by atoms with E-state index in [-0.39, 0.29) is 11.5 Å². The van der Waals surface area contributed by atoms with E-state index in [2.05, 4.69) is 21.4 Å². The minimum Gasteiger partial charge on any atom is -0.310 e. The zero-order valence-electron chi connectivity index (χ0n) is 9.97. The van der Waals surface area contributed by atoms with Crippen LogP contribution in [0.2, 0.25) is 0 Å². The van der Waals surface area contributed by atoms with Crippen molar-refractivity contribution in [2.75, 3.05) is 0 Å². The molecule has 0 spiro atoms. The fraction of sp³-hybridized carbons (Fsp3) is 0.0769. The summed E-state index contributed by atoms with van der Waals surface area (Å²) in [6.45, 7) is 0.393. The van der Waals surface area contributed by atoms with Crippen LogP contribution < -0.4 is 16.8 Å². The number of carbonyl (C=O) groups is 1. The SMILES string of the molecule is NNC(=O)c1cccc(Cn2cccc(Br)c2=O)c1. The molecule has 19 heavy (non-hydrogen) atoms. The molecule has 0 aliphatic rings. The molecule has 0 saturated carbocycles. The Morgan fingerprint density at radius 2 is 2.11 bits per heavy atom. The Labute approximate surface area is 118 Å². The number of nitrogens with zero attached hydrogens (tertiary/aromatic N) is 1. The Kier molecular flexibility index (Phi) is 4.13. The first-order valence-electron chi connectivity index (χ1n) is 5.56. The highest BCUT2D eigenvalue weighted by molar-refractivity contribution is 9.10. The van der Waals surface area contributed by atoms with Gasteiger partial charge in [0.15, 0.2) is 0 Å². The zero-order chi connectivity index (χ0) is 13.8. The molecular formula is C13H12BrN3O2. The molecule has 0 unspecified atom stereocenters. The average Bonchev–Trinajstić information content (AvgIpc) is 2.43. The second-order valence-electron chi connectivity index (χ2n) is 3.96. The Bertz CT molecular complexity index is 667. The number of hydrazine groups is 1. The number of hydrogen-bond donors (Lipinski definition) is 2. The van der Waals surface area contributed by atoms with Crippen LogP contribution in [0.3, 0.4) is 0 Å². The Morgan fingerprint density at radius 1 is 1.32 bits per heavy atom. The number of hydrogen-bond acceptors (Lipinski definition) is 3. The molecule has 2 aromatic rings. The van der Waals surface area contributed by atoms with E-state index in [1.54, 1.807) is 41.1 Å². The summed E-state index contributed by atoms with van der Waals surface area (Å²) in [7, 11) is 0. The second kappa shape index (κ2) is 5.81. The number of nitrogens with two attached hydrogens (primary N) is 1. The first-order chi connectivity index (χ1) is 9.11. The number of halogens is 1. The summed E-state index contributed by atoms with van der Waals surface area (Å²) in [6, 6.07) is 10.4. The average molecular weight is 322 g/mol.